The van der Waals surface area contributed by atoms with Gasteiger partial charge in [0.2, 0.25) is 0 Å². The molecule has 0 amide bonds. The van der Waals surface area contributed by atoms with Gasteiger partial charge in [-0.25, -0.2) is 4.98 Å². The van der Waals surface area contributed by atoms with Gasteiger partial charge in [-0.05, 0) is 38.4 Å². The Hall–Kier alpha value is -1.19. The van der Waals surface area contributed by atoms with Crippen LogP contribution < -0.4 is 5.32 Å². The van der Waals surface area contributed by atoms with Crippen molar-refractivity contribution in [3.8, 4) is 0 Å². The summed E-state index contributed by atoms with van der Waals surface area (Å²) in [6, 6.07) is 6.83. The van der Waals surface area contributed by atoms with Gasteiger partial charge < -0.3 is 5.32 Å². The van der Waals surface area contributed by atoms with Crippen LogP contribution in [0.5, 0.6) is 0 Å². The second-order valence-corrected chi connectivity index (χ2v) is 5.57. The van der Waals surface area contributed by atoms with Gasteiger partial charge in [0.1, 0.15) is 5.01 Å². The third-order valence-electron chi connectivity index (χ3n) is 3.04. The summed E-state index contributed by atoms with van der Waals surface area (Å²) in [4.78, 5) is 4.63. The highest BCUT2D eigenvalue weighted by Gasteiger charge is 2.18. The summed E-state index contributed by atoms with van der Waals surface area (Å²) in [5, 5.41) is 6.82. The van der Waals surface area contributed by atoms with E-state index in [4.69, 9.17) is 0 Å². The molecule has 2 aromatic rings. The van der Waals surface area contributed by atoms with Crippen LogP contribution in [-0.2, 0) is 0 Å². The van der Waals surface area contributed by atoms with Gasteiger partial charge in [-0.1, -0.05) is 30.7 Å². The summed E-state index contributed by atoms with van der Waals surface area (Å²) in [7, 11) is 0. The minimum absolute atomic E-state index is 0.216. The molecule has 1 N–H and O–H groups in total. The van der Waals surface area contributed by atoms with E-state index in [1.165, 1.54) is 16.7 Å². The highest BCUT2D eigenvalue weighted by atomic mass is 32.1. The molecule has 1 aromatic carbocycles. The van der Waals surface area contributed by atoms with Crippen molar-refractivity contribution in [2.75, 3.05) is 6.54 Å². The molecular weight excluding hydrogens is 240 g/mol. The van der Waals surface area contributed by atoms with Crippen LogP contribution in [0.4, 0.5) is 0 Å². The molecule has 2 rings (SSSR count). The number of rotatable bonds is 4. The number of benzene rings is 1. The Balaban J connectivity index is 2.44. The maximum Gasteiger partial charge on any atom is 0.114 e. The van der Waals surface area contributed by atoms with Crippen molar-refractivity contribution in [2.24, 2.45) is 0 Å². The van der Waals surface area contributed by atoms with E-state index in [0.717, 1.165) is 17.2 Å². The van der Waals surface area contributed by atoms with Crippen molar-refractivity contribution in [1.82, 2.24) is 10.3 Å². The maximum absolute atomic E-state index is 4.63. The first kappa shape index (κ1) is 13.2. The van der Waals surface area contributed by atoms with Crippen LogP contribution in [-0.4, -0.2) is 11.5 Å². The summed E-state index contributed by atoms with van der Waals surface area (Å²) >= 11 is 1.73. The van der Waals surface area contributed by atoms with Gasteiger partial charge in [0.25, 0.3) is 0 Å². The molecule has 2 nitrogen and oxygen atoms in total. The Morgan fingerprint density at radius 1 is 1.28 bits per heavy atom. The second kappa shape index (κ2) is 5.63. The molecule has 0 aliphatic heterocycles. The standard InChI is InChI=1S/C15H20N2S/c1-5-16-14(15-17-12(4)9-18-15)13-8-10(2)6-7-11(13)3/h6-9,14,16H,5H2,1-4H3. The molecule has 1 unspecified atom stereocenters. The molecule has 0 radical (unpaired) electrons. The van der Waals surface area contributed by atoms with Crippen molar-refractivity contribution in [2.45, 2.75) is 33.7 Å². The molecule has 1 atom stereocenters. The molecular formula is C15H20N2S. The number of nitrogens with zero attached hydrogens (tertiary/aromatic N) is 1. The van der Waals surface area contributed by atoms with Crippen LogP contribution in [0.25, 0.3) is 0 Å². The average molecular weight is 260 g/mol. The molecule has 18 heavy (non-hydrogen) atoms. The van der Waals surface area contributed by atoms with E-state index in [1.54, 1.807) is 11.3 Å². The summed E-state index contributed by atoms with van der Waals surface area (Å²) < 4.78 is 0. The van der Waals surface area contributed by atoms with Gasteiger partial charge in [-0.2, -0.15) is 0 Å². The highest BCUT2D eigenvalue weighted by molar-refractivity contribution is 7.09. The van der Waals surface area contributed by atoms with E-state index < -0.39 is 0 Å². The Bertz CT molecular complexity index is 531. The molecule has 1 aromatic heterocycles. The van der Waals surface area contributed by atoms with Crippen LogP contribution >= 0.6 is 11.3 Å². The molecule has 1 heterocycles. The smallest absolute Gasteiger partial charge is 0.114 e. The van der Waals surface area contributed by atoms with Crippen LogP contribution in [0.2, 0.25) is 0 Å². The Morgan fingerprint density at radius 3 is 2.67 bits per heavy atom. The molecule has 0 aliphatic rings. The topological polar surface area (TPSA) is 24.9 Å². The fourth-order valence-corrected chi connectivity index (χ4v) is 3.00. The van der Waals surface area contributed by atoms with E-state index in [9.17, 15) is 0 Å². The SMILES string of the molecule is CCNC(c1nc(C)cs1)c1cc(C)ccc1C. The molecule has 0 spiro atoms. The summed E-state index contributed by atoms with van der Waals surface area (Å²) in [5.41, 5.74) is 5.06. The van der Waals surface area contributed by atoms with Crippen molar-refractivity contribution >= 4 is 11.3 Å². The number of nitrogens with one attached hydrogen (secondary N) is 1. The zero-order valence-electron chi connectivity index (χ0n) is 11.4. The highest BCUT2D eigenvalue weighted by Crippen LogP contribution is 2.28. The van der Waals surface area contributed by atoms with E-state index in [1.807, 2.05) is 6.92 Å². The first-order valence-corrected chi connectivity index (χ1v) is 7.22. The lowest BCUT2D eigenvalue weighted by atomic mass is 9.99. The maximum atomic E-state index is 4.63. The number of thiazole rings is 1. The number of aromatic nitrogens is 1. The molecule has 3 heteroatoms. The van der Waals surface area contributed by atoms with Crippen LogP contribution in [0.3, 0.4) is 0 Å². The van der Waals surface area contributed by atoms with E-state index in [-0.39, 0.29) is 6.04 Å². The quantitative estimate of drug-likeness (QED) is 0.905. The van der Waals surface area contributed by atoms with Gasteiger partial charge in [-0.3, -0.25) is 0 Å². The normalized spacial score (nSPS) is 12.7. The Morgan fingerprint density at radius 2 is 2.06 bits per heavy atom. The van der Waals surface area contributed by atoms with Gasteiger partial charge >= 0.3 is 0 Å². The predicted octanol–water partition coefficient (Wildman–Crippen LogP) is 3.77. The molecule has 0 bridgehead atoms. The van der Waals surface area contributed by atoms with Crippen molar-refractivity contribution in [1.29, 1.82) is 0 Å². The largest absolute Gasteiger partial charge is 0.305 e. The predicted molar refractivity (Wildman–Crippen MR) is 78.3 cm³/mol. The average Bonchev–Trinajstić information content (AvgIpc) is 2.76. The van der Waals surface area contributed by atoms with Gasteiger partial charge in [-0.15, -0.1) is 11.3 Å². The molecule has 0 aliphatic carbocycles. The summed E-state index contributed by atoms with van der Waals surface area (Å²) in [5.74, 6) is 0. The van der Waals surface area contributed by atoms with Crippen LogP contribution in [0.1, 0.15) is 40.4 Å². The first-order valence-electron chi connectivity index (χ1n) is 6.34. The Kier molecular flexibility index (Phi) is 4.15. The zero-order chi connectivity index (χ0) is 13.1. The van der Waals surface area contributed by atoms with Crippen LogP contribution in [0.15, 0.2) is 23.6 Å². The third-order valence-corrected chi connectivity index (χ3v) is 4.07. The second-order valence-electron chi connectivity index (χ2n) is 4.68. The lowest BCUT2D eigenvalue weighted by Crippen LogP contribution is -2.22. The molecule has 0 saturated heterocycles. The Labute approximate surface area is 113 Å². The summed E-state index contributed by atoms with van der Waals surface area (Å²) in [6.45, 7) is 9.43. The van der Waals surface area contributed by atoms with Gasteiger partial charge in [0, 0.05) is 11.1 Å². The van der Waals surface area contributed by atoms with Gasteiger partial charge in [0.05, 0.1) is 6.04 Å². The number of hydrogen-bond acceptors (Lipinski definition) is 3. The molecule has 0 fully saturated rings. The minimum Gasteiger partial charge on any atom is -0.305 e. The summed E-state index contributed by atoms with van der Waals surface area (Å²) in [6.07, 6.45) is 0. The van der Waals surface area contributed by atoms with Crippen molar-refractivity contribution < 1.29 is 0 Å². The van der Waals surface area contributed by atoms with Crippen molar-refractivity contribution in [3.05, 3.63) is 51.0 Å². The van der Waals surface area contributed by atoms with Gasteiger partial charge in [0.15, 0.2) is 0 Å². The van der Waals surface area contributed by atoms with E-state index in [2.05, 4.69) is 54.7 Å². The lowest BCUT2D eigenvalue weighted by Gasteiger charge is -2.18. The zero-order valence-corrected chi connectivity index (χ0v) is 12.3. The van der Waals surface area contributed by atoms with E-state index in [0.29, 0.717) is 0 Å². The number of aryl methyl sites for hydroxylation is 3. The van der Waals surface area contributed by atoms with E-state index >= 15 is 0 Å². The minimum atomic E-state index is 0.216. The van der Waals surface area contributed by atoms with Crippen molar-refractivity contribution in [3.63, 3.8) is 0 Å². The first-order chi connectivity index (χ1) is 8.61. The number of hydrogen-bond donors (Lipinski definition) is 1. The lowest BCUT2D eigenvalue weighted by molar-refractivity contribution is 0.623. The fraction of sp³-hybridized carbons (Fsp3) is 0.400. The van der Waals surface area contributed by atoms with Crippen LogP contribution in [0, 0.1) is 20.8 Å². The molecule has 96 valence electrons. The molecule has 0 saturated carbocycles. The third kappa shape index (κ3) is 2.79. The monoisotopic (exact) mass is 260 g/mol. The fourth-order valence-electron chi connectivity index (χ4n) is 2.11.